The average Bonchev–Trinajstić information content (AvgIpc) is 3.26. The summed E-state index contributed by atoms with van der Waals surface area (Å²) in [4.78, 5) is 24.0. The van der Waals surface area contributed by atoms with Crippen LogP contribution in [-0.4, -0.2) is 25.6 Å². The largest absolute Gasteiger partial charge is 0.497 e. The molecule has 9 heteroatoms. The van der Waals surface area contributed by atoms with Crippen LogP contribution in [-0.2, 0) is 22.3 Å². The van der Waals surface area contributed by atoms with E-state index in [0.717, 1.165) is 17.7 Å². The van der Waals surface area contributed by atoms with Crippen LogP contribution in [0.3, 0.4) is 0 Å². The van der Waals surface area contributed by atoms with Crippen LogP contribution in [0.2, 0.25) is 0 Å². The minimum atomic E-state index is -4.50. The van der Waals surface area contributed by atoms with Crippen LogP contribution in [0.1, 0.15) is 21.7 Å². The van der Waals surface area contributed by atoms with Gasteiger partial charge in [-0.3, -0.25) is 4.79 Å². The third-order valence-corrected chi connectivity index (χ3v) is 4.24. The van der Waals surface area contributed by atoms with Gasteiger partial charge in [0.05, 0.1) is 12.7 Å². The van der Waals surface area contributed by atoms with E-state index in [2.05, 4.69) is 5.32 Å². The van der Waals surface area contributed by atoms with E-state index in [1.165, 1.54) is 31.4 Å². The second-order valence-electron chi connectivity index (χ2n) is 6.45. The third-order valence-electron chi connectivity index (χ3n) is 4.24. The zero-order chi connectivity index (χ0) is 22.4. The fraction of sp³-hybridized carbons (Fsp3) is 0.182. The highest BCUT2D eigenvalue weighted by Gasteiger charge is 2.30. The molecule has 0 spiro atoms. The van der Waals surface area contributed by atoms with Gasteiger partial charge in [0.25, 0.3) is 5.91 Å². The molecular weight excluding hydrogens is 415 g/mol. The summed E-state index contributed by atoms with van der Waals surface area (Å²) in [7, 11) is 1.53. The number of carbonyl (C=O) groups is 2. The standard InChI is InChI=1S/C22H18F3NO5/c1-29-17-7-2-4-14(10-17)12-26-20(27)13-30-21(28)19-9-8-18(31-19)15-5-3-6-16(11-15)22(23,24)25/h2-11H,12-13H2,1H3,(H,26,27). The molecule has 1 aromatic heterocycles. The fourth-order valence-electron chi connectivity index (χ4n) is 2.69. The second kappa shape index (κ2) is 9.38. The molecule has 0 fully saturated rings. The molecule has 1 amide bonds. The summed E-state index contributed by atoms with van der Waals surface area (Å²) >= 11 is 0. The molecule has 0 saturated carbocycles. The van der Waals surface area contributed by atoms with Gasteiger partial charge >= 0.3 is 12.1 Å². The molecule has 0 aliphatic carbocycles. The Morgan fingerprint density at radius 1 is 1.03 bits per heavy atom. The van der Waals surface area contributed by atoms with E-state index in [1.807, 2.05) is 0 Å². The van der Waals surface area contributed by atoms with Gasteiger partial charge in [0, 0.05) is 12.1 Å². The molecule has 0 atom stereocenters. The van der Waals surface area contributed by atoms with Gasteiger partial charge in [-0.2, -0.15) is 13.2 Å². The summed E-state index contributed by atoms with van der Waals surface area (Å²) in [6.45, 7) is -0.323. The molecule has 3 rings (SSSR count). The lowest BCUT2D eigenvalue weighted by Gasteiger charge is -2.08. The Morgan fingerprint density at radius 2 is 1.81 bits per heavy atom. The van der Waals surface area contributed by atoms with Gasteiger partial charge in [-0.15, -0.1) is 0 Å². The van der Waals surface area contributed by atoms with E-state index in [4.69, 9.17) is 13.9 Å². The molecule has 0 aliphatic heterocycles. The Kier molecular flexibility index (Phi) is 6.64. The summed E-state index contributed by atoms with van der Waals surface area (Å²) in [5.74, 6) is -0.948. The van der Waals surface area contributed by atoms with E-state index < -0.39 is 30.2 Å². The van der Waals surface area contributed by atoms with Crippen molar-refractivity contribution < 1.29 is 36.7 Å². The predicted molar refractivity (Wildman–Crippen MR) is 104 cm³/mol. The van der Waals surface area contributed by atoms with Crippen molar-refractivity contribution in [2.45, 2.75) is 12.7 Å². The lowest BCUT2D eigenvalue weighted by Crippen LogP contribution is -2.28. The molecule has 0 saturated heterocycles. The topological polar surface area (TPSA) is 77.8 Å². The van der Waals surface area contributed by atoms with Crippen LogP contribution in [0.5, 0.6) is 5.75 Å². The maximum Gasteiger partial charge on any atom is 0.416 e. The van der Waals surface area contributed by atoms with Crippen LogP contribution >= 0.6 is 0 Å². The number of rotatable bonds is 7. The highest BCUT2D eigenvalue weighted by atomic mass is 19.4. The van der Waals surface area contributed by atoms with Gasteiger partial charge in [0.2, 0.25) is 5.76 Å². The lowest BCUT2D eigenvalue weighted by molar-refractivity contribution is -0.137. The van der Waals surface area contributed by atoms with Crippen molar-refractivity contribution in [1.29, 1.82) is 0 Å². The van der Waals surface area contributed by atoms with E-state index in [-0.39, 0.29) is 23.6 Å². The first-order valence-corrected chi connectivity index (χ1v) is 9.10. The minimum Gasteiger partial charge on any atom is -0.497 e. The van der Waals surface area contributed by atoms with Gasteiger partial charge in [0.15, 0.2) is 6.61 Å². The molecule has 0 aliphatic rings. The number of carbonyl (C=O) groups excluding carboxylic acids is 2. The number of amides is 1. The van der Waals surface area contributed by atoms with Gasteiger partial charge in [-0.25, -0.2) is 4.79 Å². The quantitative estimate of drug-likeness (QED) is 0.557. The van der Waals surface area contributed by atoms with Crippen LogP contribution in [0.25, 0.3) is 11.3 Å². The predicted octanol–water partition coefficient (Wildman–Crippen LogP) is 4.45. The van der Waals surface area contributed by atoms with Crippen molar-refractivity contribution in [3.05, 3.63) is 77.6 Å². The Bertz CT molecular complexity index is 1070. The first kappa shape index (κ1) is 21.9. The Morgan fingerprint density at radius 3 is 2.55 bits per heavy atom. The molecule has 2 aromatic carbocycles. The average molecular weight is 433 g/mol. The maximum absolute atomic E-state index is 12.9. The third kappa shape index (κ3) is 5.88. The molecule has 0 radical (unpaired) electrons. The lowest BCUT2D eigenvalue weighted by atomic mass is 10.1. The second-order valence-corrected chi connectivity index (χ2v) is 6.45. The number of alkyl halides is 3. The van der Waals surface area contributed by atoms with Gasteiger partial charge in [-0.1, -0.05) is 24.3 Å². The number of esters is 1. The number of benzene rings is 2. The number of furan rings is 1. The Hall–Kier alpha value is -3.75. The van der Waals surface area contributed by atoms with Crippen molar-refractivity contribution in [3.63, 3.8) is 0 Å². The molecule has 0 bridgehead atoms. The first-order valence-electron chi connectivity index (χ1n) is 9.10. The number of hydrogen-bond donors (Lipinski definition) is 1. The molecule has 3 aromatic rings. The molecular formula is C22H18F3NO5. The molecule has 6 nitrogen and oxygen atoms in total. The van der Waals surface area contributed by atoms with Crippen LogP contribution < -0.4 is 10.1 Å². The maximum atomic E-state index is 12.9. The SMILES string of the molecule is COc1cccc(CNC(=O)COC(=O)c2ccc(-c3cccc(C(F)(F)F)c3)o2)c1. The summed E-state index contributed by atoms with van der Waals surface area (Å²) < 4.78 is 53.9. The monoisotopic (exact) mass is 433 g/mol. The van der Waals surface area contributed by atoms with Gasteiger partial charge in [0.1, 0.15) is 11.5 Å². The highest BCUT2D eigenvalue weighted by molar-refractivity contribution is 5.89. The van der Waals surface area contributed by atoms with E-state index in [9.17, 15) is 22.8 Å². The zero-order valence-corrected chi connectivity index (χ0v) is 16.4. The number of methoxy groups -OCH3 is 1. The Labute approximate surface area is 175 Å². The van der Waals surface area contributed by atoms with Crippen LogP contribution in [0, 0.1) is 0 Å². The summed E-state index contributed by atoms with van der Waals surface area (Å²) in [5, 5.41) is 2.60. The van der Waals surface area contributed by atoms with Gasteiger partial charge < -0.3 is 19.2 Å². The highest BCUT2D eigenvalue weighted by Crippen LogP contribution is 2.32. The van der Waals surface area contributed by atoms with Crippen molar-refractivity contribution in [1.82, 2.24) is 5.32 Å². The van der Waals surface area contributed by atoms with Gasteiger partial charge in [-0.05, 0) is 42.0 Å². The number of nitrogens with one attached hydrogen (secondary N) is 1. The molecule has 31 heavy (non-hydrogen) atoms. The number of ether oxygens (including phenoxy) is 2. The number of halogens is 3. The van der Waals surface area contributed by atoms with Crippen LogP contribution in [0.4, 0.5) is 13.2 Å². The van der Waals surface area contributed by atoms with Crippen molar-refractivity contribution in [2.75, 3.05) is 13.7 Å². The molecule has 162 valence electrons. The summed E-state index contributed by atoms with van der Waals surface area (Å²) in [6, 6.07) is 14.2. The van der Waals surface area contributed by atoms with Crippen molar-refractivity contribution in [3.8, 4) is 17.1 Å². The summed E-state index contributed by atoms with van der Waals surface area (Å²) in [6.07, 6.45) is -4.50. The van der Waals surface area contributed by atoms with E-state index >= 15 is 0 Å². The van der Waals surface area contributed by atoms with E-state index in [1.54, 1.807) is 24.3 Å². The summed E-state index contributed by atoms with van der Waals surface area (Å²) in [5.41, 5.74) is 0.124. The molecule has 1 N–H and O–H groups in total. The fourth-order valence-corrected chi connectivity index (χ4v) is 2.69. The molecule has 1 heterocycles. The van der Waals surface area contributed by atoms with E-state index in [0.29, 0.717) is 5.75 Å². The number of hydrogen-bond acceptors (Lipinski definition) is 5. The zero-order valence-electron chi connectivity index (χ0n) is 16.4. The minimum absolute atomic E-state index is 0.0699. The first-order chi connectivity index (χ1) is 14.8. The van der Waals surface area contributed by atoms with Crippen LogP contribution in [0.15, 0.2) is 65.1 Å². The smallest absolute Gasteiger partial charge is 0.416 e. The normalized spacial score (nSPS) is 11.1. The molecule has 0 unspecified atom stereocenters. The Balaban J connectivity index is 1.54. The van der Waals surface area contributed by atoms with Crippen molar-refractivity contribution >= 4 is 11.9 Å². The van der Waals surface area contributed by atoms with Crippen molar-refractivity contribution in [2.24, 2.45) is 0 Å².